The predicted octanol–water partition coefficient (Wildman–Crippen LogP) is 1.41. The lowest BCUT2D eigenvalue weighted by atomic mass is 10.00. The summed E-state index contributed by atoms with van der Waals surface area (Å²) in [4.78, 5) is 11.0. The molecule has 2 unspecified atom stereocenters. The van der Waals surface area contributed by atoms with Gasteiger partial charge < -0.3 is 20.3 Å². The molecular formula is C13H17NO4. The van der Waals surface area contributed by atoms with Gasteiger partial charge >= 0.3 is 5.97 Å². The van der Waals surface area contributed by atoms with Crippen molar-refractivity contribution in [1.82, 2.24) is 0 Å². The van der Waals surface area contributed by atoms with Crippen LogP contribution in [0.3, 0.4) is 0 Å². The lowest BCUT2D eigenvalue weighted by Gasteiger charge is -2.18. The van der Waals surface area contributed by atoms with Crippen LogP contribution in [0.2, 0.25) is 0 Å². The zero-order valence-corrected chi connectivity index (χ0v) is 10.3. The molecule has 2 atom stereocenters. The van der Waals surface area contributed by atoms with Gasteiger partial charge in [0, 0.05) is 12.5 Å². The van der Waals surface area contributed by atoms with Gasteiger partial charge in [-0.2, -0.15) is 0 Å². The van der Waals surface area contributed by atoms with Crippen LogP contribution in [0.4, 0.5) is 0 Å². The highest BCUT2D eigenvalue weighted by molar-refractivity contribution is 5.79. The number of hydrogen-bond acceptors (Lipinski definition) is 4. The molecule has 1 aromatic carbocycles. The number of nitrogens with two attached hydrogens (primary N) is 1. The monoisotopic (exact) mass is 251 g/mol. The van der Waals surface area contributed by atoms with Crippen LogP contribution in [0.5, 0.6) is 11.5 Å². The molecule has 0 heterocycles. The molecule has 1 aliphatic carbocycles. The van der Waals surface area contributed by atoms with E-state index in [2.05, 4.69) is 0 Å². The van der Waals surface area contributed by atoms with E-state index in [4.69, 9.17) is 20.3 Å². The van der Waals surface area contributed by atoms with E-state index in [-0.39, 0.29) is 6.10 Å². The second-order valence-corrected chi connectivity index (χ2v) is 4.62. The minimum Gasteiger partial charge on any atom is -0.497 e. The molecule has 0 bridgehead atoms. The maximum atomic E-state index is 11.0. The molecule has 0 radical (unpaired) electrons. The first-order chi connectivity index (χ1) is 8.53. The summed E-state index contributed by atoms with van der Waals surface area (Å²) in [5.74, 6) is 0.427. The Morgan fingerprint density at radius 2 is 2.22 bits per heavy atom. The number of carboxylic acid groups (broad SMARTS) is 1. The molecule has 98 valence electrons. The molecule has 3 N–H and O–H groups in total. The predicted molar refractivity (Wildman–Crippen MR) is 65.8 cm³/mol. The number of carbonyl (C=O) groups is 1. The van der Waals surface area contributed by atoms with Gasteiger partial charge in [-0.3, -0.25) is 4.79 Å². The van der Waals surface area contributed by atoms with Crippen molar-refractivity contribution in [3.8, 4) is 11.5 Å². The van der Waals surface area contributed by atoms with Gasteiger partial charge in [0.25, 0.3) is 0 Å². The number of hydrogen-bond donors (Lipinski definition) is 2. The summed E-state index contributed by atoms with van der Waals surface area (Å²) in [6, 6.07) is 7.25. The molecule has 2 rings (SSSR count). The van der Waals surface area contributed by atoms with E-state index >= 15 is 0 Å². The fourth-order valence-electron chi connectivity index (χ4n) is 2.19. The minimum atomic E-state index is -1.15. The Bertz CT molecular complexity index is 448. The molecule has 5 nitrogen and oxygen atoms in total. The summed E-state index contributed by atoms with van der Waals surface area (Å²) in [5, 5.41) is 9.04. The maximum Gasteiger partial charge on any atom is 0.323 e. The molecule has 0 amide bonds. The fourth-order valence-corrected chi connectivity index (χ4v) is 2.19. The third-order valence-corrected chi connectivity index (χ3v) is 3.27. The van der Waals surface area contributed by atoms with Gasteiger partial charge in [0.2, 0.25) is 0 Å². The summed E-state index contributed by atoms with van der Waals surface area (Å²) >= 11 is 0. The molecule has 1 aromatic rings. The minimum absolute atomic E-state index is 0.154. The first-order valence-corrected chi connectivity index (χ1v) is 5.86. The van der Waals surface area contributed by atoms with Crippen molar-refractivity contribution < 1.29 is 19.4 Å². The summed E-state index contributed by atoms with van der Waals surface area (Å²) < 4.78 is 10.8. The second kappa shape index (κ2) is 4.86. The van der Waals surface area contributed by atoms with E-state index < -0.39 is 11.5 Å². The summed E-state index contributed by atoms with van der Waals surface area (Å²) in [6.07, 6.45) is 1.27. The Kier molecular flexibility index (Phi) is 3.43. The van der Waals surface area contributed by atoms with Gasteiger partial charge in [0.1, 0.15) is 23.1 Å². The smallest absolute Gasteiger partial charge is 0.323 e. The quantitative estimate of drug-likeness (QED) is 0.845. The van der Waals surface area contributed by atoms with Gasteiger partial charge in [-0.15, -0.1) is 0 Å². The third kappa shape index (κ3) is 2.56. The number of carboxylic acids is 1. The third-order valence-electron chi connectivity index (χ3n) is 3.27. The highest BCUT2D eigenvalue weighted by Gasteiger charge is 2.43. The van der Waals surface area contributed by atoms with E-state index in [0.29, 0.717) is 30.8 Å². The van der Waals surface area contributed by atoms with E-state index in [1.54, 1.807) is 13.2 Å². The van der Waals surface area contributed by atoms with Gasteiger partial charge in [0.05, 0.1) is 7.11 Å². The van der Waals surface area contributed by atoms with Crippen LogP contribution in [0.25, 0.3) is 0 Å². The van der Waals surface area contributed by atoms with Crippen LogP contribution in [0.1, 0.15) is 19.3 Å². The van der Waals surface area contributed by atoms with Gasteiger partial charge in [-0.25, -0.2) is 0 Å². The Morgan fingerprint density at radius 3 is 2.83 bits per heavy atom. The molecule has 18 heavy (non-hydrogen) atoms. The van der Waals surface area contributed by atoms with Crippen molar-refractivity contribution in [2.75, 3.05) is 7.11 Å². The summed E-state index contributed by atoms with van der Waals surface area (Å²) in [5.41, 5.74) is 4.65. The van der Waals surface area contributed by atoms with Crippen LogP contribution in [0.15, 0.2) is 24.3 Å². The van der Waals surface area contributed by atoms with Crippen molar-refractivity contribution in [3.63, 3.8) is 0 Å². The van der Waals surface area contributed by atoms with Crippen molar-refractivity contribution in [2.24, 2.45) is 5.73 Å². The second-order valence-electron chi connectivity index (χ2n) is 4.62. The van der Waals surface area contributed by atoms with Crippen LogP contribution < -0.4 is 15.2 Å². The molecule has 0 aliphatic heterocycles. The van der Waals surface area contributed by atoms with Crippen molar-refractivity contribution in [3.05, 3.63) is 24.3 Å². The van der Waals surface area contributed by atoms with E-state index in [1.165, 1.54) is 0 Å². The van der Waals surface area contributed by atoms with Crippen LogP contribution in [-0.4, -0.2) is 29.8 Å². The van der Waals surface area contributed by atoms with Crippen LogP contribution >= 0.6 is 0 Å². The molecule has 0 spiro atoms. The van der Waals surface area contributed by atoms with Gasteiger partial charge in [-0.05, 0) is 25.0 Å². The van der Waals surface area contributed by atoms with Crippen molar-refractivity contribution in [2.45, 2.75) is 30.9 Å². The van der Waals surface area contributed by atoms with Crippen molar-refractivity contribution in [1.29, 1.82) is 0 Å². The highest BCUT2D eigenvalue weighted by atomic mass is 16.5. The van der Waals surface area contributed by atoms with Crippen LogP contribution in [-0.2, 0) is 4.79 Å². The number of ether oxygens (including phenoxy) is 2. The lowest BCUT2D eigenvalue weighted by Crippen LogP contribution is -2.46. The summed E-state index contributed by atoms with van der Waals surface area (Å²) in [6.45, 7) is 0. The SMILES string of the molecule is COc1cccc(OC2CCC(N)(C(=O)O)C2)c1. The Hall–Kier alpha value is -1.75. The average molecular weight is 251 g/mol. The van der Waals surface area contributed by atoms with Crippen LogP contribution in [0, 0.1) is 0 Å². The Labute approximate surface area is 106 Å². The van der Waals surface area contributed by atoms with E-state index in [9.17, 15) is 4.79 Å². The van der Waals surface area contributed by atoms with Crippen molar-refractivity contribution >= 4 is 5.97 Å². The maximum absolute atomic E-state index is 11.0. The highest BCUT2D eigenvalue weighted by Crippen LogP contribution is 2.32. The largest absolute Gasteiger partial charge is 0.497 e. The van der Waals surface area contributed by atoms with Gasteiger partial charge in [-0.1, -0.05) is 6.07 Å². The molecule has 0 aromatic heterocycles. The molecular weight excluding hydrogens is 234 g/mol. The van der Waals surface area contributed by atoms with E-state index in [1.807, 2.05) is 18.2 Å². The normalized spacial score (nSPS) is 26.9. The average Bonchev–Trinajstić information content (AvgIpc) is 2.72. The molecule has 1 saturated carbocycles. The fraction of sp³-hybridized carbons (Fsp3) is 0.462. The number of aliphatic carboxylic acids is 1. The Morgan fingerprint density at radius 1 is 1.50 bits per heavy atom. The topological polar surface area (TPSA) is 81.8 Å². The van der Waals surface area contributed by atoms with Gasteiger partial charge in [0.15, 0.2) is 0 Å². The zero-order chi connectivity index (χ0) is 13.2. The molecule has 1 aliphatic rings. The lowest BCUT2D eigenvalue weighted by molar-refractivity contribution is -0.143. The number of benzene rings is 1. The summed E-state index contributed by atoms with van der Waals surface area (Å²) in [7, 11) is 1.59. The molecule has 1 fully saturated rings. The first kappa shape index (κ1) is 12.7. The molecule has 0 saturated heterocycles. The first-order valence-electron chi connectivity index (χ1n) is 5.86. The zero-order valence-electron chi connectivity index (χ0n) is 10.3. The number of rotatable bonds is 4. The molecule has 5 heteroatoms. The number of methoxy groups -OCH3 is 1. The van der Waals surface area contributed by atoms with E-state index in [0.717, 1.165) is 0 Å². The Balaban J connectivity index is 2.01. The standard InChI is InChI=1S/C13H17NO4/c1-17-9-3-2-4-10(7-9)18-11-5-6-13(14,8-11)12(15)16/h2-4,7,11H,5-6,8,14H2,1H3,(H,15,16).